The van der Waals surface area contributed by atoms with Gasteiger partial charge in [-0.05, 0) is 25.2 Å². The first-order valence-electron chi connectivity index (χ1n) is 10.3. The van der Waals surface area contributed by atoms with Crippen LogP contribution in [0, 0.1) is 12.3 Å². The van der Waals surface area contributed by atoms with E-state index in [0.717, 1.165) is 0 Å². The summed E-state index contributed by atoms with van der Waals surface area (Å²) in [4.78, 5) is 31.7. The van der Waals surface area contributed by atoms with Gasteiger partial charge in [-0.25, -0.2) is 9.31 Å². The van der Waals surface area contributed by atoms with Crippen LogP contribution in [0.3, 0.4) is 0 Å². The highest BCUT2D eigenvalue weighted by molar-refractivity contribution is 5.74. The number of aryl methyl sites for hydroxylation is 1. The minimum Gasteiger partial charge on any atom is -0.465 e. The van der Waals surface area contributed by atoms with E-state index in [2.05, 4.69) is 20.2 Å². The van der Waals surface area contributed by atoms with E-state index in [4.69, 9.17) is 4.52 Å². The predicted octanol–water partition coefficient (Wildman–Crippen LogP) is 3.67. The van der Waals surface area contributed by atoms with Crippen molar-refractivity contribution in [1.29, 1.82) is 0 Å². The number of amides is 1. The minimum atomic E-state index is -4.78. The molecule has 3 aromatic rings. The molecule has 4 rings (SSSR count). The lowest BCUT2D eigenvalue weighted by atomic mass is 9.76. The second kappa shape index (κ2) is 7.59. The number of alkyl halides is 3. The second-order valence-electron chi connectivity index (χ2n) is 9.28. The Kier molecular flexibility index (Phi) is 5.25. The number of likely N-dealkylation sites (tertiary alicyclic amines) is 1. The van der Waals surface area contributed by atoms with Crippen molar-refractivity contribution in [2.24, 2.45) is 5.41 Å². The van der Waals surface area contributed by atoms with Gasteiger partial charge < -0.3 is 19.5 Å². The summed E-state index contributed by atoms with van der Waals surface area (Å²) in [5, 5.41) is 17.0. The summed E-state index contributed by atoms with van der Waals surface area (Å²) >= 11 is 0. The zero-order valence-corrected chi connectivity index (χ0v) is 18.4. The Balaban J connectivity index is 1.81. The maximum absolute atomic E-state index is 12.9. The zero-order valence-electron chi connectivity index (χ0n) is 18.4. The normalized spacial score (nSPS) is 19.9. The first-order chi connectivity index (χ1) is 15.3. The maximum Gasteiger partial charge on any atom is 0.455 e. The van der Waals surface area contributed by atoms with Crippen LogP contribution in [0.15, 0.2) is 15.4 Å². The van der Waals surface area contributed by atoms with E-state index >= 15 is 0 Å². The highest BCUT2D eigenvalue weighted by atomic mass is 19.4. The van der Waals surface area contributed by atoms with Gasteiger partial charge in [0.1, 0.15) is 11.2 Å². The van der Waals surface area contributed by atoms with E-state index in [-0.39, 0.29) is 35.1 Å². The first-order valence-corrected chi connectivity index (χ1v) is 10.3. The number of fused-ring (bicyclic) bond motifs is 1. The molecule has 2 N–H and O–H groups in total. The van der Waals surface area contributed by atoms with Crippen molar-refractivity contribution < 1.29 is 27.6 Å². The number of hydrogen-bond acceptors (Lipinski definition) is 6. The van der Waals surface area contributed by atoms with Gasteiger partial charge in [0.25, 0.3) is 17.3 Å². The van der Waals surface area contributed by atoms with Crippen LogP contribution < -0.4 is 5.56 Å². The highest BCUT2D eigenvalue weighted by Gasteiger charge is 2.41. The Morgan fingerprint density at radius 3 is 2.58 bits per heavy atom. The number of H-pyrrole nitrogens is 1. The van der Waals surface area contributed by atoms with E-state index < -0.39 is 29.5 Å². The molecule has 178 valence electrons. The SMILES string of the molecule is Cc1nn2c(C3CCN(C(=O)O)C(C(C)(C)C)C3)cc(=O)[nH]c2c1-c1nc(C(F)(F)F)no1. The lowest BCUT2D eigenvalue weighted by molar-refractivity contribution is -0.146. The van der Waals surface area contributed by atoms with Crippen LogP contribution in [0.25, 0.3) is 17.1 Å². The number of carboxylic acid groups (broad SMARTS) is 1. The summed E-state index contributed by atoms with van der Waals surface area (Å²) in [5.41, 5.74) is 0.263. The molecule has 0 bridgehead atoms. The van der Waals surface area contributed by atoms with E-state index in [1.807, 2.05) is 20.8 Å². The van der Waals surface area contributed by atoms with Crippen molar-refractivity contribution >= 4 is 11.7 Å². The summed E-state index contributed by atoms with van der Waals surface area (Å²) in [6, 6.07) is 1.09. The molecular formula is C20H23F3N6O4. The zero-order chi connectivity index (χ0) is 24.3. The Morgan fingerprint density at radius 2 is 2.00 bits per heavy atom. The van der Waals surface area contributed by atoms with Gasteiger partial charge in [-0.1, -0.05) is 25.9 Å². The van der Waals surface area contributed by atoms with Gasteiger partial charge in [0.2, 0.25) is 0 Å². The number of nitrogens with one attached hydrogen (secondary N) is 1. The summed E-state index contributed by atoms with van der Waals surface area (Å²) in [5.74, 6) is -2.03. The van der Waals surface area contributed by atoms with Crippen molar-refractivity contribution in [3.63, 3.8) is 0 Å². The van der Waals surface area contributed by atoms with Gasteiger partial charge in [0, 0.05) is 24.6 Å². The Bertz CT molecular complexity index is 1270. The summed E-state index contributed by atoms with van der Waals surface area (Å²) in [6.45, 7) is 7.70. The third-order valence-electron chi connectivity index (χ3n) is 5.99. The number of piperidine rings is 1. The van der Waals surface area contributed by atoms with Crippen molar-refractivity contribution in [3.8, 4) is 11.5 Å². The van der Waals surface area contributed by atoms with Crippen molar-refractivity contribution in [1.82, 2.24) is 29.6 Å². The molecule has 0 aliphatic carbocycles. The topological polar surface area (TPSA) is 130 Å². The average molecular weight is 468 g/mol. The van der Waals surface area contributed by atoms with Crippen molar-refractivity contribution in [2.75, 3.05) is 6.54 Å². The van der Waals surface area contributed by atoms with Gasteiger partial charge in [0.05, 0.1) is 11.4 Å². The molecule has 1 fully saturated rings. The van der Waals surface area contributed by atoms with E-state index in [1.54, 1.807) is 6.92 Å². The highest BCUT2D eigenvalue weighted by Crippen LogP contribution is 2.39. The van der Waals surface area contributed by atoms with E-state index in [9.17, 15) is 27.9 Å². The van der Waals surface area contributed by atoms with Crippen LogP contribution in [-0.4, -0.2) is 53.4 Å². The quantitative estimate of drug-likeness (QED) is 0.587. The molecule has 2 unspecified atom stereocenters. The van der Waals surface area contributed by atoms with Crippen molar-refractivity contribution in [2.45, 2.75) is 58.7 Å². The molecule has 1 amide bonds. The van der Waals surface area contributed by atoms with Gasteiger partial charge in [-0.15, -0.1) is 0 Å². The number of rotatable bonds is 2. The van der Waals surface area contributed by atoms with Crippen LogP contribution in [0.2, 0.25) is 0 Å². The average Bonchev–Trinajstić information content (AvgIpc) is 3.30. The van der Waals surface area contributed by atoms with Gasteiger partial charge in [0.15, 0.2) is 0 Å². The van der Waals surface area contributed by atoms with Crippen molar-refractivity contribution in [3.05, 3.63) is 33.6 Å². The molecule has 3 aromatic heterocycles. The molecule has 0 spiro atoms. The predicted molar refractivity (Wildman–Crippen MR) is 109 cm³/mol. The van der Waals surface area contributed by atoms with Gasteiger partial charge in [-0.2, -0.15) is 23.3 Å². The molecule has 4 heterocycles. The third-order valence-corrected chi connectivity index (χ3v) is 5.99. The van der Waals surface area contributed by atoms with Crippen LogP contribution in [0.5, 0.6) is 0 Å². The summed E-state index contributed by atoms with van der Waals surface area (Å²) < 4.78 is 45.1. The fourth-order valence-electron chi connectivity index (χ4n) is 4.45. The molecular weight excluding hydrogens is 445 g/mol. The molecule has 10 nitrogen and oxygen atoms in total. The summed E-state index contributed by atoms with van der Waals surface area (Å²) in [6.07, 6.45) is -4.86. The molecule has 0 saturated carbocycles. The van der Waals surface area contributed by atoms with Crippen LogP contribution in [0.4, 0.5) is 18.0 Å². The molecule has 0 aromatic carbocycles. The Labute approximate surface area is 185 Å². The summed E-state index contributed by atoms with van der Waals surface area (Å²) in [7, 11) is 0. The number of aromatic amines is 1. The molecule has 0 radical (unpaired) electrons. The Morgan fingerprint density at radius 1 is 1.30 bits per heavy atom. The molecule has 2 atom stereocenters. The fraction of sp³-hybridized carbons (Fsp3) is 0.550. The minimum absolute atomic E-state index is 0.104. The number of nitrogens with zero attached hydrogens (tertiary/aromatic N) is 5. The molecule has 33 heavy (non-hydrogen) atoms. The largest absolute Gasteiger partial charge is 0.465 e. The number of halogens is 3. The molecule has 1 aliphatic rings. The monoisotopic (exact) mass is 468 g/mol. The number of aromatic nitrogens is 5. The van der Waals surface area contributed by atoms with Gasteiger partial charge >= 0.3 is 12.3 Å². The lowest BCUT2D eigenvalue weighted by Crippen LogP contribution is -2.51. The van der Waals surface area contributed by atoms with Crippen LogP contribution >= 0.6 is 0 Å². The number of carbonyl (C=O) groups is 1. The molecule has 1 aliphatic heterocycles. The van der Waals surface area contributed by atoms with Crippen LogP contribution in [-0.2, 0) is 6.18 Å². The fourth-order valence-corrected chi connectivity index (χ4v) is 4.45. The number of hydrogen-bond donors (Lipinski definition) is 2. The molecule has 1 saturated heterocycles. The first kappa shape index (κ1) is 22.8. The van der Waals surface area contributed by atoms with E-state index in [0.29, 0.717) is 24.2 Å². The Hall–Kier alpha value is -3.38. The second-order valence-corrected chi connectivity index (χ2v) is 9.28. The van der Waals surface area contributed by atoms with Crippen LogP contribution in [0.1, 0.15) is 56.7 Å². The smallest absolute Gasteiger partial charge is 0.455 e. The third kappa shape index (κ3) is 4.07. The van der Waals surface area contributed by atoms with Gasteiger partial charge in [-0.3, -0.25) is 4.79 Å². The lowest BCUT2D eigenvalue weighted by Gasteiger charge is -2.44. The maximum atomic E-state index is 12.9. The molecule has 13 heteroatoms. The van der Waals surface area contributed by atoms with E-state index in [1.165, 1.54) is 15.5 Å². The standard InChI is InChI=1S/C20H23F3N6O4/c1-9-14(16-25-17(27-33-16)20(21,22)23)15-24-13(30)8-11(29(15)26-9)10-5-6-28(18(31)32)12(7-10)19(2,3)4/h8,10,12H,5-7H2,1-4H3,(H,24,30)(H,31,32).